The number of nitrogen functional groups attached to an aromatic ring is 1. The molecule has 33 heavy (non-hydrogen) atoms. The van der Waals surface area contributed by atoms with Gasteiger partial charge in [0.15, 0.2) is 5.69 Å². The van der Waals surface area contributed by atoms with Gasteiger partial charge in [-0.05, 0) is 44.5 Å². The van der Waals surface area contributed by atoms with Gasteiger partial charge in [0.1, 0.15) is 17.5 Å². The van der Waals surface area contributed by atoms with Crippen molar-refractivity contribution < 1.29 is 13.6 Å². The number of carbonyl (C=O) groups is 1. The van der Waals surface area contributed by atoms with Crippen molar-refractivity contribution in [1.82, 2.24) is 14.5 Å². The van der Waals surface area contributed by atoms with E-state index in [1.54, 1.807) is 18.9 Å². The maximum Gasteiger partial charge on any atom is 0.330 e. The Morgan fingerprint density at radius 3 is 2.48 bits per heavy atom. The summed E-state index contributed by atoms with van der Waals surface area (Å²) < 4.78 is 29.1. The smallest absolute Gasteiger partial charge is 0.330 e. The quantitative estimate of drug-likeness (QED) is 0.562. The fourth-order valence-corrected chi connectivity index (χ4v) is 3.57. The zero-order valence-electron chi connectivity index (χ0n) is 19.8. The van der Waals surface area contributed by atoms with Gasteiger partial charge in [0, 0.05) is 24.7 Å². The maximum absolute atomic E-state index is 14.2. The molecule has 1 unspecified atom stereocenters. The zero-order valence-corrected chi connectivity index (χ0v) is 19.8. The van der Waals surface area contributed by atoms with Crippen LogP contribution >= 0.6 is 0 Å². The van der Waals surface area contributed by atoms with Gasteiger partial charge in [-0.1, -0.05) is 27.2 Å². The highest BCUT2D eigenvalue weighted by molar-refractivity contribution is 5.96. The van der Waals surface area contributed by atoms with Crippen LogP contribution in [0.5, 0.6) is 0 Å². The minimum Gasteiger partial charge on any atom is -0.383 e. The normalized spacial score (nSPS) is 12.4. The van der Waals surface area contributed by atoms with Crippen molar-refractivity contribution in [3.63, 3.8) is 0 Å². The first-order chi connectivity index (χ1) is 15.5. The van der Waals surface area contributed by atoms with E-state index in [9.17, 15) is 23.2 Å². The van der Waals surface area contributed by atoms with Crippen LogP contribution in [0, 0.1) is 17.6 Å². The van der Waals surface area contributed by atoms with E-state index in [2.05, 4.69) is 4.98 Å². The molecule has 0 spiro atoms. The number of hydrogen-bond donors (Lipinski definition) is 2. The monoisotopic (exact) mass is 465 g/mol. The second-order valence-corrected chi connectivity index (χ2v) is 8.65. The van der Waals surface area contributed by atoms with Gasteiger partial charge in [-0.2, -0.15) is 0 Å². The third kappa shape index (κ3) is 6.28. The third-order valence-electron chi connectivity index (χ3n) is 5.52. The summed E-state index contributed by atoms with van der Waals surface area (Å²) in [6.07, 6.45) is 1.36. The molecule has 0 saturated heterocycles. The summed E-state index contributed by atoms with van der Waals surface area (Å²) in [5.74, 6) is -1.59. The second-order valence-electron chi connectivity index (χ2n) is 8.65. The Hall–Kier alpha value is -3.01. The Balaban J connectivity index is 2.41. The number of carbonyl (C=O) groups excluding carboxylic acids is 1. The molecule has 0 radical (unpaired) electrons. The van der Waals surface area contributed by atoms with Crippen molar-refractivity contribution in [2.75, 3.05) is 30.8 Å². The first kappa shape index (κ1) is 26.2. The maximum atomic E-state index is 14.2. The summed E-state index contributed by atoms with van der Waals surface area (Å²) in [6, 6.07) is 2.57. The summed E-state index contributed by atoms with van der Waals surface area (Å²) in [6.45, 7) is 7.72. The van der Waals surface area contributed by atoms with E-state index in [0.29, 0.717) is 6.42 Å². The summed E-state index contributed by atoms with van der Waals surface area (Å²) >= 11 is 0. The lowest BCUT2D eigenvalue weighted by atomic mass is 10.1. The number of amides is 1. The van der Waals surface area contributed by atoms with E-state index in [4.69, 9.17) is 5.73 Å². The predicted octanol–water partition coefficient (Wildman–Crippen LogP) is 2.88. The van der Waals surface area contributed by atoms with E-state index in [1.807, 2.05) is 20.8 Å². The van der Waals surface area contributed by atoms with Crippen molar-refractivity contribution >= 4 is 17.4 Å². The Bertz CT molecular complexity index is 1100. The number of hydrogen-bond acceptors (Lipinski definition) is 5. The molecule has 1 atom stereocenters. The van der Waals surface area contributed by atoms with Crippen LogP contribution in [0.15, 0.2) is 27.8 Å². The molecule has 0 aliphatic carbocycles. The molecule has 3 N–H and O–H groups in total. The predicted molar refractivity (Wildman–Crippen MR) is 125 cm³/mol. The third-order valence-corrected chi connectivity index (χ3v) is 5.52. The van der Waals surface area contributed by atoms with E-state index >= 15 is 0 Å². The van der Waals surface area contributed by atoms with Crippen LogP contribution in [-0.4, -0.2) is 40.5 Å². The van der Waals surface area contributed by atoms with E-state index in [0.717, 1.165) is 24.6 Å². The molecule has 10 heteroatoms. The number of halogens is 2. The van der Waals surface area contributed by atoms with Crippen LogP contribution in [0.2, 0.25) is 0 Å². The average Bonchev–Trinajstić information content (AvgIpc) is 2.74. The number of benzene rings is 1. The summed E-state index contributed by atoms with van der Waals surface area (Å²) in [4.78, 5) is 43.4. The number of unbranched alkanes of at least 4 members (excludes halogenated alkanes) is 1. The highest BCUT2D eigenvalue weighted by atomic mass is 19.1. The molecular formula is C23H33F2N5O3. The first-order valence-corrected chi connectivity index (χ1v) is 11.1. The molecule has 0 aliphatic rings. The van der Waals surface area contributed by atoms with Gasteiger partial charge < -0.3 is 10.6 Å². The summed E-state index contributed by atoms with van der Waals surface area (Å²) in [5, 5.41) is 0. The molecule has 1 heterocycles. The number of nitrogens with zero attached hydrogens (tertiary/aromatic N) is 3. The lowest BCUT2D eigenvalue weighted by molar-refractivity contribution is -0.120. The van der Waals surface area contributed by atoms with Crippen LogP contribution < -0.4 is 21.9 Å². The second kappa shape index (κ2) is 11.2. The molecular weight excluding hydrogens is 432 g/mol. The number of nitrogens with one attached hydrogen (secondary N) is 1. The van der Waals surface area contributed by atoms with Crippen molar-refractivity contribution in [1.29, 1.82) is 0 Å². The topological polar surface area (TPSA) is 104 Å². The Morgan fingerprint density at radius 2 is 1.88 bits per heavy atom. The number of rotatable bonds is 10. The van der Waals surface area contributed by atoms with Gasteiger partial charge in [-0.3, -0.25) is 24.0 Å². The molecule has 2 rings (SSSR count). The number of anilines is 2. The lowest BCUT2D eigenvalue weighted by Crippen LogP contribution is -2.45. The van der Waals surface area contributed by atoms with Gasteiger partial charge in [0.25, 0.3) is 5.56 Å². The summed E-state index contributed by atoms with van der Waals surface area (Å²) in [7, 11) is 1.61. The van der Waals surface area contributed by atoms with Gasteiger partial charge in [-0.25, -0.2) is 13.6 Å². The van der Waals surface area contributed by atoms with Crippen molar-refractivity contribution in [2.45, 2.75) is 53.1 Å². The molecule has 1 aromatic heterocycles. The Kier molecular flexibility index (Phi) is 8.92. The van der Waals surface area contributed by atoms with Gasteiger partial charge in [0.2, 0.25) is 5.91 Å². The minimum atomic E-state index is -0.742. The lowest BCUT2D eigenvalue weighted by Gasteiger charge is -2.29. The average molecular weight is 466 g/mol. The molecule has 1 aromatic carbocycles. The van der Waals surface area contributed by atoms with Crippen molar-refractivity contribution in [3.8, 4) is 0 Å². The Morgan fingerprint density at radius 1 is 1.21 bits per heavy atom. The zero-order chi connectivity index (χ0) is 24.9. The SMILES string of the molecule is CCCCN(C(=O)CN(C)C(C)c1cc(F)ccc1F)c1c(N)n(CC(C)C)c(=O)[nH]c1=O. The fraction of sp³-hybridized carbons (Fsp3) is 0.522. The molecule has 1 amide bonds. The number of H-pyrrole nitrogens is 1. The number of aromatic nitrogens is 2. The van der Waals surface area contributed by atoms with Crippen LogP contribution in [0.3, 0.4) is 0 Å². The standard InChI is InChI=1S/C23H33F2N5O3/c1-6-7-10-29(20-21(26)30(12-14(2)3)23(33)27-22(20)32)19(31)13-28(5)15(4)17-11-16(24)8-9-18(17)25/h8-9,11,14-15H,6-7,10,12-13,26H2,1-5H3,(H,27,32,33). The number of aromatic amines is 1. The summed E-state index contributed by atoms with van der Waals surface area (Å²) in [5.41, 5.74) is 4.87. The highest BCUT2D eigenvalue weighted by Crippen LogP contribution is 2.24. The Labute approximate surface area is 192 Å². The van der Waals surface area contributed by atoms with Crippen molar-refractivity contribution in [3.05, 3.63) is 56.2 Å². The highest BCUT2D eigenvalue weighted by Gasteiger charge is 2.27. The first-order valence-electron chi connectivity index (χ1n) is 11.1. The van der Waals surface area contributed by atoms with Crippen LogP contribution in [0.1, 0.15) is 52.1 Å². The molecule has 2 aromatic rings. The molecule has 0 fully saturated rings. The van der Waals surface area contributed by atoms with Gasteiger partial charge in [-0.15, -0.1) is 0 Å². The van der Waals surface area contributed by atoms with Crippen LogP contribution in [-0.2, 0) is 11.3 Å². The van der Waals surface area contributed by atoms with Gasteiger partial charge in [0.05, 0.1) is 6.54 Å². The molecule has 0 bridgehead atoms. The largest absolute Gasteiger partial charge is 0.383 e. The molecule has 182 valence electrons. The number of nitrogens with two attached hydrogens (primary N) is 1. The molecule has 0 aliphatic heterocycles. The van der Waals surface area contributed by atoms with Gasteiger partial charge >= 0.3 is 5.69 Å². The van der Waals surface area contributed by atoms with E-state index in [-0.39, 0.29) is 42.6 Å². The number of likely N-dealkylation sites (N-methyl/N-ethyl adjacent to an activating group) is 1. The molecule has 8 nitrogen and oxygen atoms in total. The van der Waals surface area contributed by atoms with Crippen molar-refractivity contribution in [2.24, 2.45) is 5.92 Å². The van der Waals surface area contributed by atoms with Crippen LogP contribution in [0.4, 0.5) is 20.3 Å². The molecule has 0 saturated carbocycles. The minimum absolute atomic E-state index is 0.0752. The van der Waals surface area contributed by atoms with E-state index in [1.165, 1.54) is 9.47 Å². The van der Waals surface area contributed by atoms with Crippen LogP contribution in [0.25, 0.3) is 0 Å². The van der Waals surface area contributed by atoms with E-state index < -0.39 is 34.8 Å². The fourth-order valence-electron chi connectivity index (χ4n) is 3.57.